The minimum atomic E-state index is -0.300. The fraction of sp³-hybridized carbons (Fsp3) is 0.263. The van der Waals surface area contributed by atoms with E-state index in [2.05, 4.69) is 10.6 Å². The number of nitrogens with one attached hydrogen (secondary N) is 2. The zero-order chi connectivity index (χ0) is 19.1. The first-order valence-electron chi connectivity index (χ1n) is 8.11. The van der Waals surface area contributed by atoms with Gasteiger partial charge in [0.2, 0.25) is 11.8 Å². The molecule has 0 spiro atoms. The molecule has 0 bridgehead atoms. The summed E-state index contributed by atoms with van der Waals surface area (Å²) < 4.78 is 5.27. The molecule has 0 aliphatic rings. The second-order valence-electron chi connectivity index (χ2n) is 5.56. The van der Waals surface area contributed by atoms with Crippen LogP contribution in [0, 0.1) is 0 Å². The summed E-state index contributed by atoms with van der Waals surface area (Å²) in [6.07, 6.45) is 0.643. The lowest BCUT2D eigenvalue weighted by molar-refractivity contribution is -0.116. The lowest BCUT2D eigenvalue weighted by atomic mass is 10.2. The maximum absolute atomic E-state index is 12.7. The van der Waals surface area contributed by atoms with E-state index in [1.165, 1.54) is 18.7 Å². The van der Waals surface area contributed by atoms with Crippen LogP contribution in [0.5, 0.6) is 5.75 Å². The van der Waals surface area contributed by atoms with E-state index in [4.69, 9.17) is 16.3 Å². The van der Waals surface area contributed by atoms with Crippen molar-refractivity contribution in [1.82, 2.24) is 0 Å². The minimum Gasteiger partial charge on any atom is -0.495 e. The highest BCUT2D eigenvalue weighted by Crippen LogP contribution is 2.31. The SMILES string of the molecule is CCC(Sc1cccc(NC(C)=O)c1)C(=O)Nc1cc(Cl)ccc1OC. The number of methoxy groups -OCH3 is 1. The van der Waals surface area contributed by atoms with Crippen molar-refractivity contribution in [3.8, 4) is 5.75 Å². The van der Waals surface area contributed by atoms with E-state index < -0.39 is 0 Å². The molecule has 2 aromatic rings. The van der Waals surface area contributed by atoms with E-state index >= 15 is 0 Å². The number of amides is 2. The lowest BCUT2D eigenvalue weighted by Crippen LogP contribution is -2.24. The van der Waals surface area contributed by atoms with Crippen LogP contribution >= 0.6 is 23.4 Å². The molecule has 0 saturated heterocycles. The Bertz CT molecular complexity index is 798. The predicted octanol–water partition coefficient (Wildman–Crippen LogP) is 4.82. The standard InChI is InChI=1S/C19H21ClN2O3S/c1-4-18(26-15-7-5-6-14(11-15)21-12(2)23)19(24)22-16-10-13(20)8-9-17(16)25-3/h5-11,18H,4H2,1-3H3,(H,21,23)(H,22,24). The topological polar surface area (TPSA) is 67.4 Å². The van der Waals surface area contributed by atoms with Crippen LogP contribution in [0.25, 0.3) is 0 Å². The number of carbonyl (C=O) groups excluding carboxylic acids is 2. The van der Waals surface area contributed by atoms with Crippen LogP contribution in [0.3, 0.4) is 0 Å². The van der Waals surface area contributed by atoms with Crippen LogP contribution in [-0.2, 0) is 9.59 Å². The number of thioether (sulfide) groups is 1. The molecule has 26 heavy (non-hydrogen) atoms. The number of rotatable bonds is 7. The smallest absolute Gasteiger partial charge is 0.237 e. The second-order valence-corrected chi connectivity index (χ2v) is 7.27. The Labute approximate surface area is 162 Å². The molecule has 0 aromatic heterocycles. The summed E-state index contributed by atoms with van der Waals surface area (Å²) in [7, 11) is 1.54. The maximum atomic E-state index is 12.7. The van der Waals surface area contributed by atoms with Gasteiger partial charge < -0.3 is 15.4 Å². The normalized spacial score (nSPS) is 11.5. The van der Waals surface area contributed by atoms with Gasteiger partial charge in [0.1, 0.15) is 5.75 Å². The number of benzene rings is 2. The summed E-state index contributed by atoms with van der Waals surface area (Å²) in [5, 5.41) is 5.84. The molecule has 0 aliphatic carbocycles. The summed E-state index contributed by atoms with van der Waals surface area (Å²) in [6, 6.07) is 12.5. The molecule has 138 valence electrons. The Kier molecular flexibility index (Phi) is 7.36. The van der Waals surface area contributed by atoms with Crippen LogP contribution in [0.4, 0.5) is 11.4 Å². The molecule has 5 nitrogen and oxygen atoms in total. The average molecular weight is 393 g/mol. The highest BCUT2D eigenvalue weighted by atomic mass is 35.5. The van der Waals surface area contributed by atoms with Crippen molar-refractivity contribution in [3.63, 3.8) is 0 Å². The summed E-state index contributed by atoms with van der Waals surface area (Å²) in [6.45, 7) is 3.41. The molecule has 7 heteroatoms. The molecule has 1 unspecified atom stereocenters. The van der Waals surface area contributed by atoms with Gasteiger partial charge in [-0.25, -0.2) is 0 Å². The number of carbonyl (C=O) groups is 2. The molecule has 0 heterocycles. The molecule has 0 radical (unpaired) electrons. The Morgan fingerprint density at radius 2 is 1.96 bits per heavy atom. The quantitative estimate of drug-likeness (QED) is 0.663. The molecular formula is C19H21ClN2O3S. The van der Waals surface area contributed by atoms with E-state index in [0.717, 1.165) is 4.90 Å². The van der Waals surface area contributed by atoms with Crippen LogP contribution in [-0.4, -0.2) is 24.2 Å². The fourth-order valence-electron chi connectivity index (χ4n) is 2.33. The van der Waals surface area contributed by atoms with Crippen LogP contribution in [0.2, 0.25) is 5.02 Å². The first-order valence-corrected chi connectivity index (χ1v) is 9.37. The van der Waals surface area contributed by atoms with Crippen molar-refractivity contribution in [2.45, 2.75) is 30.4 Å². The molecule has 2 N–H and O–H groups in total. The van der Waals surface area contributed by atoms with E-state index in [9.17, 15) is 9.59 Å². The molecule has 0 saturated carbocycles. The number of hydrogen-bond donors (Lipinski definition) is 2. The summed E-state index contributed by atoms with van der Waals surface area (Å²) in [5.41, 5.74) is 1.24. The third-order valence-corrected chi connectivity index (χ3v) is 5.11. The zero-order valence-corrected chi connectivity index (χ0v) is 16.4. The number of ether oxygens (including phenoxy) is 1. The van der Waals surface area contributed by atoms with E-state index in [-0.39, 0.29) is 17.1 Å². The first-order chi connectivity index (χ1) is 12.4. The highest BCUT2D eigenvalue weighted by Gasteiger charge is 2.20. The van der Waals surface area contributed by atoms with Crippen LogP contribution < -0.4 is 15.4 Å². The highest BCUT2D eigenvalue weighted by molar-refractivity contribution is 8.00. The number of anilines is 2. The fourth-order valence-corrected chi connectivity index (χ4v) is 3.51. The Balaban J connectivity index is 2.12. The number of halogens is 1. The van der Waals surface area contributed by atoms with E-state index in [1.54, 1.807) is 25.3 Å². The molecule has 0 aliphatic heterocycles. The molecule has 2 aromatic carbocycles. The lowest BCUT2D eigenvalue weighted by Gasteiger charge is -2.17. The summed E-state index contributed by atoms with van der Waals surface area (Å²) in [5.74, 6) is 0.281. The monoisotopic (exact) mass is 392 g/mol. The molecule has 1 atom stereocenters. The van der Waals surface area contributed by atoms with Gasteiger partial charge in [0.15, 0.2) is 0 Å². The molecule has 2 rings (SSSR count). The van der Waals surface area contributed by atoms with Gasteiger partial charge in [0, 0.05) is 22.5 Å². The minimum absolute atomic E-state index is 0.134. The molecule has 2 amide bonds. The third kappa shape index (κ3) is 5.68. The van der Waals surface area contributed by atoms with Gasteiger partial charge in [0.05, 0.1) is 18.0 Å². The third-order valence-electron chi connectivity index (χ3n) is 3.52. The molecule has 0 fully saturated rings. The van der Waals surface area contributed by atoms with Crippen molar-refractivity contribution in [3.05, 3.63) is 47.5 Å². The first kappa shape index (κ1) is 20.1. The van der Waals surface area contributed by atoms with Gasteiger partial charge in [-0.05, 0) is 42.8 Å². The van der Waals surface area contributed by atoms with Crippen molar-refractivity contribution in [2.24, 2.45) is 0 Å². The molecular weight excluding hydrogens is 372 g/mol. The Morgan fingerprint density at radius 3 is 2.62 bits per heavy atom. The van der Waals surface area contributed by atoms with Crippen LogP contribution in [0.15, 0.2) is 47.4 Å². The number of hydrogen-bond acceptors (Lipinski definition) is 4. The maximum Gasteiger partial charge on any atom is 0.237 e. The average Bonchev–Trinajstić information content (AvgIpc) is 2.59. The van der Waals surface area contributed by atoms with Gasteiger partial charge in [0.25, 0.3) is 0 Å². The van der Waals surface area contributed by atoms with E-state index in [1.807, 2.05) is 31.2 Å². The van der Waals surface area contributed by atoms with Crippen LogP contribution in [0.1, 0.15) is 20.3 Å². The summed E-state index contributed by atoms with van der Waals surface area (Å²) >= 11 is 7.45. The van der Waals surface area contributed by atoms with Gasteiger partial charge in [-0.1, -0.05) is 24.6 Å². The predicted molar refractivity (Wildman–Crippen MR) is 107 cm³/mol. The van der Waals surface area contributed by atoms with Crippen molar-refractivity contribution in [2.75, 3.05) is 17.7 Å². The Morgan fingerprint density at radius 1 is 1.19 bits per heavy atom. The van der Waals surface area contributed by atoms with Gasteiger partial charge in [-0.2, -0.15) is 0 Å². The van der Waals surface area contributed by atoms with Crippen molar-refractivity contribution in [1.29, 1.82) is 0 Å². The zero-order valence-electron chi connectivity index (χ0n) is 14.8. The Hall–Kier alpha value is -2.18. The van der Waals surface area contributed by atoms with Gasteiger partial charge >= 0.3 is 0 Å². The van der Waals surface area contributed by atoms with Crippen molar-refractivity contribution >= 4 is 46.6 Å². The van der Waals surface area contributed by atoms with E-state index in [0.29, 0.717) is 28.6 Å². The van der Waals surface area contributed by atoms with Gasteiger partial charge in [-0.3, -0.25) is 9.59 Å². The largest absolute Gasteiger partial charge is 0.495 e. The second kappa shape index (κ2) is 9.50. The van der Waals surface area contributed by atoms with Crippen molar-refractivity contribution < 1.29 is 14.3 Å². The van der Waals surface area contributed by atoms with Gasteiger partial charge in [-0.15, -0.1) is 11.8 Å². The summed E-state index contributed by atoms with van der Waals surface area (Å²) in [4.78, 5) is 24.8.